The fourth-order valence-corrected chi connectivity index (χ4v) is 4.88. The highest BCUT2D eigenvalue weighted by Gasteiger charge is 2.43. The molecule has 0 aromatic heterocycles. The van der Waals surface area contributed by atoms with Crippen LogP contribution in [0.4, 0.5) is 17.1 Å². The molecule has 1 N–H and O–H groups in total. The number of ether oxygens (including phenoxy) is 4. The number of nitro benzene ring substituents is 2. The van der Waals surface area contributed by atoms with Gasteiger partial charge in [-0.3, -0.25) is 24.8 Å². The normalized spacial score (nSPS) is 14.3. The molecular weight excluding hydrogens is 562 g/mol. The Labute approximate surface area is 237 Å². The van der Waals surface area contributed by atoms with E-state index >= 15 is 0 Å². The Balaban J connectivity index is 1.28. The number of non-ortho nitro benzene ring substituents is 2. The molecule has 41 heavy (non-hydrogen) atoms. The first-order valence-corrected chi connectivity index (χ1v) is 14.2. The number of hydrogen-bond donors (Lipinski definition) is 1. The van der Waals surface area contributed by atoms with E-state index in [1.165, 1.54) is 24.3 Å². The van der Waals surface area contributed by atoms with Crippen LogP contribution in [0.25, 0.3) is 0 Å². The van der Waals surface area contributed by atoms with Crippen molar-refractivity contribution in [2.75, 3.05) is 52.8 Å². The van der Waals surface area contributed by atoms with Gasteiger partial charge >= 0.3 is 0 Å². The van der Waals surface area contributed by atoms with Gasteiger partial charge in [0.05, 0.1) is 72.5 Å². The summed E-state index contributed by atoms with van der Waals surface area (Å²) in [4.78, 5) is 20.4. The highest BCUT2D eigenvalue weighted by atomic mass is 32.2. The van der Waals surface area contributed by atoms with Crippen LogP contribution in [-0.2, 0) is 41.1 Å². The van der Waals surface area contributed by atoms with E-state index in [4.69, 9.17) is 18.9 Å². The molecule has 14 nitrogen and oxygen atoms in total. The maximum atomic E-state index is 11.6. The van der Waals surface area contributed by atoms with Gasteiger partial charge in [-0.2, -0.15) is 13.0 Å². The van der Waals surface area contributed by atoms with Crippen molar-refractivity contribution in [1.82, 2.24) is 0 Å². The lowest BCUT2D eigenvalue weighted by Gasteiger charge is -2.15. The van der Waals surface area contributed by atoms with Crippen LogP contribution < -0.4 is 0 Å². The molecule has 0 saturated heterocycles. The van der Waals surface area contributed by atoms with Crippen LogP contribution >= 0.6 is 0 Å². The average molecular weight is 597 g/mol. The van der Waals surface area contributed by atoms with Crippen LogP contribution in [0.2, 0.25) is 0 Å². The van der Waals surface area contributed by atoms with Crippen molar-refractivity contribution in [3.8, 4) is 0 Å². The van der Waals surface area contributed by atoms with Gasteiger partial charge in [0.1, 0.15) is 6.61 Å². The predicted molar refractivity (Wildman–Crippen MR) is 147 cm³/mol. The topological polar surface area (TPSA) is 181 Å². The fourth-order valence-electron chi connectivity index (χ4n) is 4.37. The first kappa shape index (κ1) is 32.2. The third kappa shape index (κ3) is 8.58. The zero-order chi connectivity index (χ0) is 30.2. The van der Waals surface area contributed by atoms with Crippen molar-refractivity contribution < 1.29 is 46.3 Å². The van der Waals surface area contributed by atoms with Gasteiger partial charge in [-0.05, 0) is 31.5 Å². The van der Waals surface area contributed by atoms with Crippen LogP contribution in [0.5, 0.6) is 0 Å². The first-order valence-electron chi connectivity index (χ1n) is 12.8. The molecule has 2 aromatic rings. The number of rotatable bonds is 17. The number of hydrogen-bond acceptors (Lipinski definition) is 10. The summed E-state index contributed by atoms with van der Waals surface area (Å²) in [5.74, 6) is 0. The molecule has 0 radical (unpaired) electrons. The second-order valence-corrected chi connectivity index (χ2v) is 11.2. The molecule has 15 heteroatoms. The molecule has 0 atom stereocenters. The van der Waals surface area contributed by atoms with E-state index in [9.17, 15) is 33.2 Å². The van der Waals surface area contributed by atoms with E-state index < -0.39 is 25.4 Å². The smallest absolute Gasteiger partial charge is 0.294 e. The van der Waals surface area contributed by atoms with Gasteiger partial charge in [0.2, 0.25) is 5.69 Å². The molecule has 0 aliphatic carbocycles. The van der Waals surface area contributed by atoms with Gasteiger partial charge in [0.25, 0.3) is 21.5 Å². The van der Waals surface area contributed by atoms with Gasteiger partial charge in [0, 0.05) is 30.7 Å². The molecule has 3 rings (SSSR count). The third-order valence-corrected chi connectivity index (χ3v) is 7.62. The lowest BCUT2D eigenvalue weighted by molar-refractivity contribution is -0.443. The summed E-state index contributed by atoms with van der Waals surface area (Å²) in [7, 11) is -4.29. The van der Waals surface area contributed by atoms with E-state index in [0.29, 0.717) is 45.1 Å². The summed E-state index contributed by atoms with van der Waals surface area (Å²) < 4.78 is 56.6. The Bertz CT molecular complexity index is 1380. The zero-order valence-electron chi connectivity index (χ0n) is 23.1. The lowest BCUT2D eigenvalue weighted by atomic mass is 9.82. The van der Waals surface area contributed by atoms with E-state index in [1.54, 1.807) is 6.07 Å². The zero-order valence-corrected chi connectivity index (χ0v) is 23.9. The predicted octanol–water partition coefficient (Wildman–Crippen LogP) is 3.41. The molecule has 0 fully saturated rings. The summed E-state index contributed by atoms with van der Waals surface area (Å²) in [6.45, 7) is 8.84. The Hall–Kier alpha value is -3.34. The van der Waals surface area contributed by atoms with Crippen molar-refractivity contribution >= 4 is 32.9 Å². The van der Waals surface area contributed by atoms with Gasteiger partial charge in [0.15, 0.2) is 12.3 Å². The summed E-state index contributed by atoms with van der Waals surface area (Å²) >= 11 is 0. The van der Waals surface area contributed by atoms with E-state index in [1.807, 2.05) is 20.8 Å². The quantitative estimate of drug-likeness (QED) is 0.0929. The first-order chi connectivity index (χ1) is 19.3. The van der Waals surface area contributed by atoms with Crippen molar-refractivity contribution in [2.45, 2.75) is 37.7 Å². The molecular formula is C26H34N3O11S+. The van der Waals surface area contributed by atoms with E-state index in [0.717, 1.165) is 23.0 Å². The number of nitro groups is 2. The minimum absolute atomic E-state index is 0.0247. The monoisotopic (exact) mass is 596 g/mol. The third-order valence-electron chi connectivity index (χ3n) is 6.77. The van der Waals surface area contributed by atoms with Crippen LogP contribution in [0.1, 0.15) is 31.9 Å². The summed E-state index contributed by atoms with van der Waals surface area (Å²) in [6.07, 6.45) is 0. The van der Waals surface area contributed by atoms with Gasteiger partial charge in [-0.25, -0.2) is 0 Å². The van der Waals surface area contributed by atoms with Crippen LogP contribution in [0.3, 0.4) is 0 Å². The Kier molecular flexibility index (Phi) is 11.0. The molecule has 0 bridgehead atoms. The maximum absolute atomic E-state index is 11.6. The van der Waals surface area contributed by atoms with Gasteiger partial charge < -0.3 is 18.9 Å². The molecule has 1 aliphatic rings. The molecule has 0 amide bonds. The summed E-state index contributed by atoms with van der Waals surface area (Å²) in [5.41, 5.74) is 1.95. The Morgan fingerprint density at radius 1 is 0.829 bits per heavy atom. The highest BCUT2D eigenvalue weighted by Crippen LogP contribution is 2.40. The largest absolute Gasteiger partial charge is 0.377 e. The molecule has 2 aromatic carbocycles. The Morgan fingerprint density at radius 3 is 1.85 bits per heavy atom. The van der Waals surface area contributed by atoms with Crippen molar-refractivity contribution in [1.29, 1.82) is 0 Å². The van der Waals surface area contributed by atoms with Gasteiger partial charge in [-0.1, -0.05) is 0 Å². The molecule has 0 saturated carbocycles. The Morgan fingerprint density at radius 2 is 1.34 bits per heavy atom. The van der Waals surface area contributed by atoms with Crippen LogP contribution in [0.15, 0.2) is 41.3 Å². The van der Waals surface area contributed by atoms with E-state index in [2.05, 4.69) is 4.58 Å². The number of benzene rings is 2. The molecule has 1 heterocycles. The minimum Gasteiger partial charge on any atom is -0.377 e. The summed E-state index contributed by atoms with van der Waals surface area (Å²) in [5, 5.41) is 21.9. The van der Waals surface area contributed by atoms with Gasteiger partial charge in [-0.15, -0.1) is 0 Å². The summed E-state index contributed by atoms with van der Waals surface area (Å²) in [6, 6.07) is 7.97. The molecule has 224 valence electrons. The van der Waals surface area contributed by atoms with Crippen LogP contribution in [0, 0.1) is 20.2 Å². The minimum atomic E-state index is -4.29. The van der Waals surface area contributed by atoms with Crippen molar-refractivity contribution in [3.05, 3.63) is 67.8 Å². The number of fused-ring (bicyclic) bond motifs is 1. The number of nitrogens with zero attached hydrogens (tertiary/aromatic N) is 3. The second kappa shape index (κ2) is 14.0. The second-order valence-electron chi connectivity index (χ2n) is 9.78. The maximum Gasteiger partial charge on any atom is 0.294 e. The molecule has 0 unspecified atom stereocenters. The lowest BCUT2D eigenvalue weighted by Crippen LogP contribution is -2.27. The van der Waals surface area contributed by atoms with Crippen molar-refractivity contribution in [3.63, 3.8) is 0 Å². The highest BCUT2D eigenvalue weighted by molar-refractivity contribution is 7.85. The fraction of sp³-hybridized carbons (Fsp3) is 0.500. The molecule has 1 aliphatic heterocycles. The van der Waals surface area contributed by atoms with Crippen molar-refractivity contribution in [2.24, 2.45) is 0 Å². The average Bonchev–Trinajstić information content (AvgIpc) is 3.10. The SMILES string of the molecule is CC1=[N+](CCOCCOCCOCCOCc2cc([N+](=O)[O-])cc([N+](=O)[O-])c2)c2ccc(S(=O)(=O)O)cc2C1(C)C. The molecule has 0 spiro atoms. The van der Waals surface area contributed by atoms with Crippen LogP contribution in [-0.4, -0.2) is 85.9 Å². The van der Waals surface area contributed by atoms with E-state index in [-0.39, 0.29) is 36.1 Å². The standard InChI is InChI=1S/C26H33N3O11S/c1-19-26(2,3)24-17-23(41(34,35)36)4-5-25(24)27(19)6-7-37-8-9-38-10-11-39-12-13-40-18-20-14-21(28(30)31)16-22(15-20)29(32)33/h4-5,14-17H,6-13,18H2,1-3H3/p+1.